The third-order valence-corrected chi connectivity index (χ3v) is 5.77. The summed E-state index contributed by atoms with van der Waals surface area (Å²) < 4.78 is 44.8. The molecule has 0 radical (unpaired) electrons. The van der Waals surface area contributed by atoms with Gasteiger partial charge in [-0.05, 0) is 42.2 Å². The van der Waals surface area contributed by atoms with Crippen LogP contribution in [0, 0.1) is 5.82 Å². The highest BCUT2D eigenvalue weighted by molar-refractivity contribution is 7.92. The molecular weight excluding hydrogens is 395 g/mol. The van der Waals surface area contributed by atoms with Crippen molar-refractivity contribution in [2.75, 3.05) is 30.7 Å². The van der Waals surface area contributed by atoms with Crippen LogP contribution in [-0.4, -0.2) is 40.3 Å². The van der Waals surface area contributed by atoms with E-state index >= 15 is 0 Å². The van der Waals surface area contributed by atoms with Gasteiger partial charge in [-0.25, -0.2) is 12.8 Å². The van der Waals surface area contributed by atoms with Crippen molar-refractivity contribution in [2.45, 2.75) is 24.7 Å². The van der Waals surface area contributed by atoms with Crippen molar-refractivity contribution in [3.63, 3.8) is 0 Å². The fraction of sp³-hybridized carbons (Fsp3) is 0.381. The number of sulfonamides is 1. The summed E-state index contributed by atoms with van der Waals surface area (Å²) in [6.45, 7) is 1.46. The lowest BCUT2D eigenvalue weighted by Crippen LogP contribution is -2.45. The van der Waals surface area contributed by atoms with Crippen LogP contribution in [0.15, 0.2) is 48.5 Å². The SMILES string of the molecule is CS(=O)(=O)Nc1ccccc1CC(=O)NCC1(c2cccc(F)c2)CCOCC1. The Morgan fingerprint density at radius 2 is 1.86 bits per heavy atom. The van der Waals surface area contributed by atoms with Crippen LogP contribution < -0.4 is 10.0 Å². The molecular formula is C21H25FN2O4S. The van der Waals surface area contributed by atoms with Crippen LogP contribution in [0.25, 0.3) is 0 Å². The topological polar surface area (TPSA) is 84.5 Å². The van der Waals surface area contributed by atoms with Gasteiger partial charge in [0.25, 0.3) is 0 Å². The Labute approximate surface area is 170 Å². The van der Waals surface area contributed by atoms with Crippen LogP contribution in [0.2, 0.25) is 0 Å². The van der Waals surface area contributed by atoms with E-state index in [4.69, 9.17) is 4.74 Å². The Hall–Kier alpha value is -2.45. The third-order valence-electron chi connectivity index (χ3n) is 5.17. The van der Waals surface area contributed by atoms with Crippen molar-refractivity contribution in [1.82, 2.24) is 5.32 Å². The summed E-state index contributed by atoms with van der Waals surface area (Å²) in [5.74, 6) is -0.532. The highest BCUT2D eigenvalue weighted by atomic mass is 32.2. The van der Waals surface area contributed by atoms with Gasteiger partial charge in [-0.2, -0.15) is 0 Å². The molecule has 1 saturated heterocycles. The summed E-state index contributed by atoms with van der Waals surface area (Å²) in [5.41, 5.74) is 1.43. The number of hydrogen-bond donors (Lipinski definition) is 2. The molecule has 156 valence electrons. The summed E-state index contributed by atoms with van der Waals surface area (Å²) in [6.07, 6.45) is 2.47. The number of benzene rings is 2. The fourth-order valence-electron chi connectivity index (χ4n) is 3.63. The first-order chi connectivity index (χ1) is 13.8. The molecule has 2 aromatic carbocycles. The van der Waals surface area contributed by atoms with Gasteiger partial charge in [-0.1, -0.05) is 30.3 Å². The zero-order valence-corrected chi connectivity index (χ0v) is 17.1. The van der Waals surface area contributed by atoms with Gasteiger partial charge in [-0.15, -0.1) is 0 Å². The lowest BCUT2D eigenvalue weighted by atomic mass is 9.74. The molecule has 8 heteroatoms. The number of carbonyl (C=O) groups is 1. The molecule has 0 unspecified atom stereocenters. The molecule has 1 fully saturated rings. The number of para-hydroxylation sites is 1. The van der Waals surface area contributed by atoms with E-state index in [0.717, 1.165) is 11.8 Å². The Balaban J connectivity index is 1.72. The standard InChI is InChI=1S/C21H25FN2O4S/c1-29(26,27)24-19-8-3-2-5-16(19)13-20(25)23-15-21(9-11-28-12-10-21)17-6-4-7-18(22)14-17/h2-8,14,24H,9-13,15H2,1H3,(H,23,25). The van der Waals surface area contributed by atoms with Gasteiger partial charge in [0.2, 0.25) is 15.9 Å². The van der Waals surface area contributed by atoms with Gasteiger partial charge < -0.3 is 10.1 Å². The van der Waals surface area contributed by atoms with Crippen LogP contribution in [-0.2, 0) is 31.4 Å². The molecule has 6 nitrogen and oxygen atoms in total. The van der Waals surface area contributed by atoms with Crippen molar-refractivity contribution in [1.29, 1.82) is 0 Å². The average Bonchev–Trinajstić information content (AvgIpc) is 2.68. The van der Waals surface area contributed by atoms with E-state index in [1.165, 1.54) is 12.1 Å². The van der Waals surface area contributed by atoms with E-state index in [2.05, 4.69) is 10.0 Å². The Morgan fingerprint density at radius 3 is 2.55 bits per heavy atom. The number of halogens is 1. The molecule has 0 atom stereocenters. The Kier molecular flexibility index (Phi) is 6.54. The molecule has 0 bridgehead atoms. The quantitative estimate of drug-likeness (QED) is 0.721. The number of ether oxygens (including phenoxy) is 1. The highest BCUT2D eigenvalue weighted by Crippen LogP contribution is 2.34. The highest BCUT2D eigenvalue weighted by Gasteiger charge is 2.35. The van der Waals surface area contributed by atoms with Crippen molar-refractivity contribution < 1.29 is 22.3 Å². The number of nitrogens with one attached hydrogen (secondary N) is 2. The van der Waals surface area contributed by atoms with Crippen LogP contribution in [0.3, 0.4) is 0 Å². The molecule has 0 spiro atoms. The monoisotopic (exact) mass is 420 g/mol. The minimum atomic E-state index is -3.45. The van der Waals surface area contributed by atoms with Gasteiger partial charge in [0.1, 0.15) is 5.82 Å². The maximum absolute atomic E-state index is 13.8. The Bertz CT molecular complexity index is 972. The predicted octanol–water partition coefficient (Wildman–Crippen LogP) is 2.60. The van der Waals surface area contributed by atoms with Gasteiger partial charge in [0, 0.05) is 25.2 Å². The number of carbonyl (C=O) groups excluding carboxylic acids is 1. The van der Waals surface area contributed by atoms with E-state index < -0.39 is 10.0 Å². The van der Waals surface area contributed by atoms with Crippen LogP contribution >= 0.6 is 0 Å². The lowest BCUT2D eigenvalue weighted by molar-refractivity contribution is -0.120. The molecule has 1 aliphatic heterocycles. The summed E-state index contributed by atoms with van der Waals surface area (Å²) in [6, 6.07) is 13.3. The average molecular weight is 421 g/mol. The summed E-state index contributed by atoms with van der Waals surface area (Å²) in [7, 11) is -3.45. The first-order valence-electron chi connectivity index (χ1n) is 9.44. The zero-order chi connectivity index (χ0) is 20.9. The molecule has 1 aliphatic rings. The number of amides is 1. The first kappa shape index (κ1) is 21.3. The minimum absolute atomic E-state index is 0.0361. The molecule has 0 saturated carbocycles. The maximum Gasteiger partial charge on any atom is 0.229 e. The molecule has 2 aromatic rings. The van der Waals surface area contributed by atoms with Crippen LogP contribution in [0.1, 0.15) is 24.0 Å². The zero-order valence-electron chi connectivity index (χ0n) is 16.3. The molecule has 0 aromatic heterocycles. The van der Waals surface area contributed by atoms with Crippen molar-refractivity contribution in [2.24, 2.45) is 0 Å². The summed E-state index contributed by atoms with van der Waals surface area (Å²) in [5, 5.41) is 2.96. The van der Waals surface area contributed by atoms with Gasteiger partial charge in [-0.3, -0.25) is 9.52 Å². The molecule has 2 N–H and O–H groups in total. The van der Waals surface area contributed by atoms with Crippen LogP contribution in [0.5, 0.6) is 0 Å². The second kappa shape index (κ2) is 8.92. The lowest BCUT2D eigenvalue weighted by Gasteiger charge is -2.38. The molecule has 1 amide bonds. The molecule has 0 aliphatic carbocycles. The normalized spacial score (nSPS) is 16.2. The van der Waals surface area contributed by atoms with Crippen molar-refractivity contribution in [3.8, 4) is 0 Å². The fourth-order valence-corrected chi connectivity index (χ4v) is 4.22. The van der Waals surface area contributed by atoms with E-state index in [1.807, 2.05) is 6.07 Å². The summed E-state index contributed by atoms with van der Waals surface area (Å²) >= 11 is 0. The van der Waals surface area contributed by atoms with E-state index in [0.29, 0.717) is 43.9 Å². The minimum Gasteiger partial charge on any atom is -0.381 e. The number of rotatable bonds is 7. The largest absolute Gasteiger partial charge is 0.381 e. The van der Waals surface area contributed by atoms with Gasteiger partial charge in [0.05, 0.1) is 18.4 Å². The number of anilines is 1. The third kappa shape index (κ3) is 5.77. The van der Waals surface area contributed by atoms with Crippen molar-refractivity contribution in [3.05, 3.63) is 65.5 Å². The summed E-state index contributed by atoms with van der Waals surface area (Å²) in [4.78, 5) is 12.6. The van der Waals surface area contributed by atoms with Crippen molar-refractivity contribution >= 4 is 21.6 Å². The number of hydrogen-bond acceptors (Lipinski definition) is 4. The predicted molar refractivity (Wildman–Crippen MR) is 110 cm³/mol. The smallest absolute Gasteiger partial charge is 0.229 e. The van der Waals surface area contributed by atoms with Gasteiger partial charge in [0.15, 0.2) is 0 Å². The van der Waals surface area contributed by atoms with E-state index in [1.54, 1.807) is 30.3 Å². The van der Waals surface area contributed by atoms with E-state index in [9.17, 15) is 17.6 Å². The molecule has 3 rings (SSSR count). The Morgan fingerprint density at radius 1 is 1.14 bits per heavy atom. The second-order valence-corrected chi connectivity index (χ2v) is 9.14. The molecule has 1 heterocycles. The van der Waals surface area contributed by atoms with E-state index in [-0.39, 0.29) is 23.6 Å². The van der Waals surface area contributed by atoms with Crippen LogP contribution in [0.4, 0.5) is 10.1 Å². The van der Waals surface area contributed by atoms with Gasteiger partial charge >= 0.3 is 0 Å². The second-order valence-electron chi connectivity index (χ2n) is 7.39. The molecule has 29 heavy (non-hydrogen) atoms. The maximum atomic E-state index is 13.8. The first-order valence-corrected chi connectivity index (χ1v) is 11.3.